The number of piperidine rings is 1. The maximum Gasteiger partial charge on any atom is 0.225 e. The van der Waals surface area contributed by atoms with Crippen LogP contribution in [-0.2, 0) is 9.53 Å². The molecule has 16 heavy (non-hydrogen) atoms. The summed E-state index contributed by atoms with van der Waals surface area (Å²) >= 11 is 0. The predicted octanol–water partition coefficient (Wildman–Crippen LogP) is 0.823. The van der Waals surface area contributed by atoms with Gasteiger partial charge in [-0.3, -0.25) is 4.79 Å². The van der Waals surface area contributed by atoms with Crippen molar-refractivity contribution in [3.05, 3.63) is 0 Å². The summed E-state index contributed by atoms with van der Waals surface area (Å²) in [6, 6.07) is 0. The van der Waals surface area contributed by atoms with Gasteiger partial charge in [-0.05, 0) is 32.9 Å². The predicted molar refractivity (Wildman–Crippen MR) is 64.4 cm³/mol. The van der Waals surface area contributed by atoms with E-state index in [9.17, 15) is 4.79 Å². The van der Waals surface area contributed by atoms with Gasteiger partial charge in [0.05, 0.1) is 6.61 Å². The van der Waals surface area contributed by atoms with Gasteiger partial charge in [0.15, 0.2) is 0 Å². The van der Waals surface area contributed by atoms with E-state index in [4.69, 9.17) is 4.74 Å². The van der Waals surface area contributed by atoms with E-state index in [-0.39, 0.29) is 11.8 Å². The molecule has 1 rings (SSSR count). The molecular formula is C12H24N2O2. The molecule has 0 aromatic carbocycles. The zero-order valence-corrected chi connectivity index (χ0v) is 10.7. The molecule has 0 aromatic rings. The number of hydrogen-bond donors (Lipinski definition) is 0. The summed E-state index contributed by atoms with van der Waals surface area (Å²) in [6.45, 7) is 6.66. The van der Waals surface area contributed by atoms with Crippen molar-refractivity contribution in [3.8, 4) is 0 Å². The summed E-state index contributed by atoms with van der Waals surface area (Å²) in [6.07, 6.45) is 1.98. The molecular weight excluding hydrogens is 204 g/mol. The van der Waals surface area contributed by atoms with E-state index in [1.165, 1.54) is 0 Å². The van der Waals surface area contributed by atoms with Crippen molar-refractivity contribution in [1.29, 1.82) is 0 Å². The standard InChI is InChI=1S/C12H24N2O2/c1-4-16-10-9-14-7-5-11(6-8-14)12(15)13(2)3/h11H,4-10H2,1-3H3. The van der Waals surface area contributed by atoms with Crippen LogP contribution in [0.25, 0.3) is 0 Å². The minimum atomic E-state index is 0.235. The minimum Gasteiger partial charge on any atom is -0.380 e. The van der Waals surface area contributed by atoms with Gasteiger partial charge in [0, 0.05) is 33.2 Å². The molecule has 4 heteroatoms. The molecule has 0 aromatic heterocycles. The van der Waals surface area contributed by atoms with Crippen LogP contribution in [0.2, 0.25) is 0 Å². The molecule has 0 saturated carbocycles. The highest BCUT2D eigenvalue weighted by Gasteiger charge is 2.25. The molecule has 1 amide bonds. The molecule has 0 radical (unpaired) electrons. The van der Waals surface area contributed by atoms with Crippen LogP contribution in [0.4, 0.5) is 0 Å². The van der Waals surface area contributed by atoms with Crippen LogP contribution in [-0.4, -0.2) is 62.7 Å². The topological polar surface area (TPSA) is 32.8 Å². The molecule has 1 saturated heterocycles. The van der Waals surface area contributed by atoms with Gasteiger partial charge in [-0.1, -0.05) is 0 Å². The number of likely N-dealkylation sites (tertiary alicyclic amines) is 1. The molecule has 0 unspecified atom stereocenters. The number of carbonyl (C=O) groups is 1. The van der Waals surface area contributed by atoms with Crippen molar-refractivity contribution < 1.29 is 9.53 Å². The first-order valence-corrected chi connectivity index (χ1v) is 6.16. The fourth-order valence-corrected chi connectivity index (χ4v) is 2.11. The van der Waals surface area contributed by atoms with Gasteiger partial charge in [-0.15, -0.1) is 0 Å². The molecule has 1 fully saturated rings. The van der Waals surface area contributed by atoms with E-state index >= 15 is 0 Å². The Bertz CT molecular complexity index is 211. The molecule has 94 valence electrons. The molecule has 0 atom stereocenters. The minimum absolute atomic E-state index is 0.235. The third-order valence-corrected chi connectivity index (χ3v) is 3.13. The molecule has 0 bridgehead atoms. The monoisotopic (exact) mass is 228 g/mol. The van der Waals surface area contributed by atoms with Gasteiger partial charge >= 0.3 is 0 Å². The van der Waals surface area contributed by atoms with E-state index in [1.807, 2.05) is 21.0 Å². The Kier molecular flexibility index (Phi) is 5.77. The lowest BCUT2D eigenvalue weighted by atomic mass is 9.95. The van der Waals surface area contributed by atoms with Crippen LogP contribution in [0.3, 0.4) is 0 Å². The van der Waals surface area contributed by atoms with Crippen LogP contribution in [0.1, 0.15) is 19.8 Å². The Hall–Kier alpha value is -0.610. The van der Waals surface area contributed by atoms with Gasteiger partial charge in [0.2, 0.25) is 5.91 Å². The van der Waals surface area contributed by atoms with Crippen molar-refractivity contribution in [2.75, 3.05) is 46.9 Å². The number of rotatable bonds is 5. The Labute approximate surface area is 98.5 Å². The van der Waals surface area contributed by atoms with Crippen LogP contribution in [0, 0.1) is 5.92 Å². The number of carbonyl (C=O) groups excluding carboxylic acids is 1. The Morgan fingerprint density at radius 3 is 2.50 bits per heavy atom. The van der Waals surface area contributed by atoms with Crippen molar-refractivity contribution in [2.24, 2.45) is 5.92 Å². The molecule has 1 heterocycles. The Morgan fingerprint density at radius 1 is 1.38 bits per heavy atom. The first-order chi connectivity index (χ1) is 7.65. The summed E-state index contributed by atoms with van der Waals surface area (Å²) < 4.78 is 5.33. The Morgan fingerprint density at radius 2 is 2.00 bits per heavy atom. The summed E-state index contributed by atoms with van der Waals surface area (Å²) in [5, 5.41) is 0. The first kappa shape index (κ1) is 13.5. The molecule has 1 aliphatic heterocycles. The number of amides is 1. The van der Waals surface area contributed by atoms with Gasteiger partial charge in [0.25, 0.3) is 0 Å². The summed E-state index contributed by atoms with van der Waals surface area (Å²) in [5.41, 5.74) is 0. The van der Waals surface area contributed by atoms with Gasteiger partial charge in [0.1, 0.15) is 0 Å². The summed E-state index contributed by atoms with van der Waals surface area (Å²) in [4.78, 5) is 15.8. The molecule has 0 spiro atoms. The number of ether oxygens (including phenoxy) is 1. The van der Waals surface area contributed by atoms with Gasteiger partial charge in [-0.2, -0.15) is 0 Å². The van der Waals surface area contributed by atoms with E-state index < -0.39 is 0 Å². The maximum atomic E-state index is 11.7. The smallest absolute Gasteiger partial charge is 0.225 e. The second-order valence-electron chi connectivity index (χ2n) is 4.55. The van der Waals surface area contributed by atoms with Gasteiger partial charge in [-0.25, -0.2) is 0 Å². The maximum absolute atomic E-state index is 11.7. The van der Waals surface area contributed by atoms with Crippen LogP contribution in [0.15, 0.2) is 0 Å². The Balaban J connectivity index is 2.20. The zero-order chi connectivity index (χ0) is 12.0. The van der Waals surface area contributed by atoms with E-state index in [1.54, 1.807) is 4.90 Å². The third-order valence-electron chi connectivity index (χ3n) is 3.13. The summed E-state index contributed by atoms with van der Waals surface area (Å²) in [7, 11) is 3.67. The second kappa shape index (κ2) is 6.86. The first-order valence-electron chi connectivity index (χ1n) is 6.16. The fourth-order valence-electron chi connectivity index (χ4n) is 2.11. The lowest BCUT2D eigenvalue weighted by molar-refractivity contribution is -0.134. The van der Waals surface area contributed by atoms with Crippen LogP contribution < -0.4 is 0 Å². The highest BCUT2D eigenvalue weighted by Crippen LogP contribution is 2.18. The zero-order valence-electron chi connectivity index (χ0n) is 10.7. The third kappa shape index (κ3) is 4.10. The van der Waals surface area contributed by atoms with Crippen LogP contribution in [0.5, 0.6) is 0 Å². The number of hydrogen-bond acceptors (Lipinski definition) is 3. The molecule has 0 N–H and O–H groups in total. The largest absolute Gasteiger partial charge is 0.380 e. The second-order valence-corrected chi connectivity index (χ2v) is 4.55. The average Bonchev–Trinajstić information content (AvgIpc) is 2.29. The highest BCUT2D eigenvalue weighted by atomic mass is 16.5. The van der Waals surface area contributed by atoms with Crippen molar-refractivity contribution >= 4 is 5.91 Å². The highest BCUT2D eigenvalue weighted by molar-refractivity contribution is 5.78. The fraction of sp³-hybridized carbons (Fsp3) is 0.917. The molecule has 4 nitrogen and oxygen atoms in total. The molecule has 0 aliphatic carbocycles. The van der Waals surface area contributed by atoms with Gasteiger partial charge < -0.3 is 14.5 Å². The van der Waals surface area contributed by atoms with Crippen molar-refractivity contribution in [1.82, 2.24) is 9.80 Å². The lowest BCUT2D eigenvalue weighted by Crippen LogP contribution is -2.41. The normalized spacial score (nSPS) is 18.7. The van der Waals surface area contributed by atoms with E-state index in [0.717, 1.165) is 45.7 Å². The van der Waals surface area contributed by atoms with Crippen molar-refractivity contribution in [2.45, 2.75) is 19.8 Å². The number of nitrogens with zero attached hydrogens (tertiary/aromatic N) is 2. The lowest BCUT2D eigenvalue weighted by Gasteiger charge is -2.32. The quantitative estimate of drug-likeness (QED) is 0.653. The van der Waals surface area contributed by atoms with Crippen LogP contribution >= 0.6 is 0 Å². The van der Waals surface area contributed by atoms with Crippen molar-refractivity contribution in [3.63, 3.8) is 0 Å². The average molecular weight is 228 g/mol. The SMILES string of the molecule is CCOCCN1CCC(C(=O)N(C)C)CC1. The molecule has 1 aliphatic rings. The summed E-state index contributed by atoms with van der Waals surface area (Å²) in [5.74, 6) is 0.516. The van der Waals surface area contributed by atoms with E-state index in [2.05, 4.69) is 4.90 Å². The van der Waals surface area contributed by atoms with E-state index in [0.29, 0.717) is 0 Å².